The van der Waals surface area contributed by atoms with Gasteiger partial charge >= 0.3 is 0 Å². The zero-order valence-electron chi connectivity index (χ0n) is 13.1. The summed E-state index contributed by atoms with van der Waals surface area (Å²) in [5.74, 6) is 0.623. The van der Waals surface area contributed by atoms with E-state index in [2.05, 4.69) is 20.4 Å². The number of nitrogens with one attached hydrogen (secondary N) is 1. The lowest BCUT2D eigenvalue weighted by atomic mass is 10.3. The summed E-state index contributed by atoms with van der Waals surface area (Å²) in [6.45, 7) is 2.82. The van der Waals surface area contributed by atoms with Crippen LogP contribution >= 0.6 is 0 Å². The number of hydrogen-bond donors (Lipinski definition) is 1. The number of carbonyl (C=O) groups excluding carboxylic acids is 1. The molecule has 3 heterocycles. The molecule has 1 amide bonds. The molecule has 1 aliphatic rings. The van der Waals surface area contributed by atoms with Gasteiger partial charge in [-0.1, -0.05) is 0 Å². The molecule has 3 rings (SSSR count). The average Bonchev–Trinajstić information content (AvgIpc) is 3.11. The molecule has 0 radical (unpaired) electrons. The number of nitrogens with zero attached hydrogens (tertiary/aromatic N) is 4. The van der Waals surface area contributed by atoms with Gasteiger partial charge in [0.2, 0.25) is 0 Å². The van der Waals surface area contributed by atoms with Crippen LogP contribution in [0.25, 0.3) is 0 Å². The van der Waals surface area contributed by atoms with Crippen molar-refractivity contribution in [1.82, 2.24) is 10.4 Å². The molecule has 10 heteroatoms. The molecule has 0 saturated carbocycles. The molecule has 1 aliphatic heterocycles. The summed E-state index contributed by atoms with van der Waals surface area (Å²) in [5, 5.41) is 14.3. The van der Waals surface area contributed by atoms with Crippen LogP contribution in [-0.4, -0.2) is 48.3 Å². The van der Waals surface area contributed by atoms with Crippen molar-refractivity contribution in [3.8, 4) is 0 Å². The fourth-order valence-electron chi connectivity index (χ4n) is 2.21. The zero-order chi connectivity index (χ0) is 17.6. The van der Waals surface area contributed by atoms with Crippen LogP contribution in [0.15, 0.2) is 40.0 Å². The predicted octanol–water partition coefficient (Wildman–Crippen LogP) is 1.18. The second kappa shape index (κ2) is 7.53. The number of ether oxygens (including phenoxy) is 1. The Morgan fingerprint density at radius 3 is 2.80 bits per heavy atom. The second-order valence-corrected chi connectivity index (χ2v) is 5.13. The van der Waals surface area contributed by atoms with Crippen LogP contribution in [0.1, 0.15) is 16.2 Å². The minimum atomic E-state index is -0.588. The predicted molar refractivity (Wildman–Crippen MR) is 87.7 cm³/mol. The average molecular weight is 345 g/mol. The van der Waals surface area contributed by atoms with E-state index in [9.17, 15) is 14.9 Å². The summed E-state index contributed by atoms with van der Waals surface area (Å²) in [6.07, 6.45) is 2.38. The summed E-state index contributed by atoms with van der Waals surface area (Å²) in [7, 11) is 0. The fraction of sp³-hybridized carbons (Fsp3) is 0.267. The van der Waals surface area contributed by atoms with Crippen molar-refractivity contribution in [3.63, 3.8) is 0 Å². The first-order valence-corrected chi connectivity index (χ1v) is 7.50. The largest absolute Gasteiger partial charge is 0.440 e. The Morgan fingerprint density at radius 1 is 1.32 bits per heavy atom. The third kappa shape index (κ3) is 4.18. The molecule has 0 atom stereocenters. The van der Waals surface area contributed by atoms with Crippen molar-refractivity contribution in [3.05, 3.63) is 52.0 Å². The van der Waals surface area contributed by atoms with Crippen molar-refractivity contribution in [1.29, 1.82) is 0 Å². The molecule has 130 valence electrons. The van der Waals surface area contributed by atoms with E-state index in [0.717, 1.165) is 19.3 Å². The molecule has 2 aromatic rings. The van der Waals surface area contributed by atoms with E-state index in [4.69, 9.17) is 9.15 Å². The Morgan fingerprint density at radius 2 is 2.12 bits per heavy atom. The van der Waals surface area contributed by atoms with Crippen LogP contribution in [-0.2, 0) is 4.74 Å². The fourth-order valence-corrected chi connectivity index (χ4v) is 2.21. The van der Waals surface area contributed by atoms with Gasteiger partial charge in [0.15, 0.2) is 5.88 Å². The number of nitro groups is 1. The lowest BCUT2D eigenvalue weighted by Crippen LogP contribution is -2.35. The normalized spacial score (nSPS) is 14.6. The van der Waals surface area contributed by atoms with E-state index >= 15 is 0 Å². The second-order valence-electron chi connectivity index (χ2n) is 5.13. The lowest BCUT2D eigenvalue weighted by Gasteiger charge is -2.26. The molecule has 0 aliphatic carbocycles. The van der Waals surface area contributed by atoms with Crippen molar-refractivity contribution in [2.45, 2.75) is 0 Å². The molecule has 25 heavy (non-hydrogen) atoms. The monoisotopic (exact) mass is 345 g/mol. The maximum atomic E-state index is 11.9. The quantitative estimate of drug-likeness (QED) is 0.490. The molecule has 0 bridgehead atoms. The first-order chi connectivity index (χ1) is 12.1. The number of carbonyl (C=O) groups is 1. The minimum Gasteiger partial charge on any atom is -0.440 e. The molecular weight excluding hydrogens is 330 g/mol. The Labute approximate surface area is 142 Å². The number of amides is 1. The third-order valence-corrected chi connectivity index (χ3v) is 3.48. The van der Waals surface area contributed by atoms with Gasteiger partial charge < -0.3 is 14.1 Å². The van der Waals surface area contributed by atoms with Crippen LogP contribution in [0.2, 0.25) is 0 Å². The summed E-state index contributed by atoms with van der Waals surface area (Å²) in [6, 6.07) is 6.02. The van der Waals surface area contributed by atoms with Crippen molar-refractivity contribution in [2.24, 2.45) is 5.10 Å². The summed E-state index contributed by atoms with van der Waals surface area (Å²) in [5.41, 5.74) is 2.13. The highest BCUT2D eigenvalue weighted by Gasteiger charge is 2.14. The highest BCUT2D eigenvalue weighted by Crippen LogP contribution is 2.18. The Hall–Kier alpha value is -3.27. The van der Waals surface area contributed by atoms with Gasteiger partial charge in [0, 0.05) is 25.2 Å². The Bertz CT molecular complexity index is 780. The number of anilines is 1. The Balaban J connectivity index is 1.56. The highest BCUT2D eigenvalue weighted by atomic mass is 16.6. The van der Waals surface area contributed by atoms with Crippen LogP contribution in [0.4, 0.5) is 11.6 Å². The number of aromatic nitrogens is 1. The molecule has 0 spiro atoms. The Kier molecular flexibility index (Phi) is 5.00. The minimum absolute atomic E-state index is 0.0243. The number of hydrazone groups is 1. The first kappa shape index (κ1) is 16.6. The van der Waals surface area contributed by atoms with E-state index in [1.807, 2.05) is 6.07 Å². The third-order valence-electron chi connectivity index (χ3n) is 3.48. The molecule has 0 aromatic carbocycles. The van der Waals surface area contributed by atoms with Gasteiger partial charge in [-0.25, -0.2) is 10.4 Å². The smallest absolute Gasteiger partial charge is 0.289 e. The van der Waals surface area contributed by atoms with Crippen molar-refractivity contribution in [2.75, 3.05) is 31.2 Å². The number of rotatable bonds is 5. The molecular formula is C15H15N5O5. The van der Waals surface area contributed by atoms with E-state index in [0.29, 0.717) is 24.9 Å². The van der Waals surface area contributed by atoms with Crippen LogP contribution in [0, 0.1) is 10.1 Å². The maximum Gasteiger partial charge on any atom is 0.289 e. The van der Waals surface area contributed by atoms with E-state index in [-0.39, 0.29) is 11.4 Å². The van der Waals surface area contributed by atoms with Crippen molar-refractivity contribution < 1.29 is 18.9 Å². The molecule has 2 aromatic heterocycles. The molecule has 10 nitrogen and oxygen atoms in total. The van der Waals surface area contributed by atoms with Crippen molar-refractivity contribution >= 4 is 23.7 Å². The SMILES string of the molecule is O=C(N/N=C/c1ccc(N2CCOCC2)o1)c1ccc([N+](=O)[O-])cn1. The summed E-state index contributed by atoms with van der Waals surface area (Å²) < 4.78 is 10.9. The topological polar surface area (TPSA) is 123 Å². The summed E-state index contributed by atoms with van der Waals surface area (Å²) >= 11 is 0. The van der Waals surface area contributed by atoms with E-state index in [1.165, 1.54) is 18.3 Å². The summed E-state index contributed by atoms with van der Waals surface area (Å²) in [4.78, 5) is 27.6. The van der Waals surface area contributed by atoms with Gasteiger partial charge in [-0.3, -0.25) is 14.9 Å². The standard InChI is InChI=1S/C15H15N5O5/c21-15(13-3-1-11(9-16-13)20(22)23)18-17-10-12-2-4-14(25-12)19-5-7-24-8-6-19/h1-4,9-10H,5-8H2,(H,18,21)/b17-10+. The number of hydrogen-bond acceptors (Lipinski definition) is 8. The van der Waals surface area contributed by atoms with Crippen LogP contribution in [0.3, 0.4) is 0 Å². The number of morpholine rings is 1. The molecule has 1 saturated heterocycles. The van der Waals surface area contributed by atoms with Gasteiger partial charge in [0.1, 0.15) is 17.7 Å². The van der Waals surface area contributed by atoms with Gasteiger partial charge in [-0.15, -0.1) is 0 Å². The van der Waals surface area contributed by atoms with Crippen LogP contribution in [0.5, 0.6) is 0 Å². The van der Waals surface area contributed by atoms with Gasteiger partial charge in [-0.2, -0.15) is 5.10 Å². The highest BCUT2D eigenvalue weighted by molar-refractivity contribution is 5.93. The lowest BCUT2D eigenvalue weighted by molar-refractivity contribution is -0.385. The zero-order valence-corrected chi connectivity index (χ0v) is 13.1. The molecule has 0 unspecified atom stereocenters. The van der Waals surface area contributed by atoms with Gasteiger partial charge in [0.05, 0.1) is 24.4 Å². The molecule has 1 N–H and O–H groups in total. The van der Waals surface area contributed by atoms with Crippen LogP contribution < -0.4 is 10.3 Å². The number of pyridine rings is 1. The first-order valence-electron chi connectivity index (χ1n) is 7.50. The van der Waals surface area contributed by atoms with Gasteiger partial charge in [0.25, 0.3) is 11.6 Å². The van der Waals surface area contributed by atoms with E-state index in [1.54, 1.807) is 6.07 Å². The molecule has 1 fully saturated rings. The van der Waals surface area contributed by atoms with Gasteiger partial charge in [-0.05, 0) is 12.1 Å². The van der Waals surface area contributed by atoms with E-state index < -0.39 is 10.8 Å². The number of furan rings is 1. The maximum absolute atomic E-state index is 11.9.